The Morgan fingerprint density at radius 1 is 1.47 bits per heavy atom. The monoisotopic (exact) mass is 227 g/mol. The number of hydrogen-bond donors (Lipinski definition) is 1. The van der Waals surface area contributed by atoms with E-state index in [-0.39, 0.29) is 0 Å². The van der Waals surface area contributed by atoms with Gasteiger partial charge in [-0.15, -0.1) is 0 Å². The van der Waals surface area contributed by atoms with Crippen molar-refractivity contribution in [1.82, 2.24) is 0 Å². The fourth-order valence-electron chi connectivity index (χ4n) is 1.45. The number of hydrogen-bond acceptors (Lipinski definition) is 2. The molecule has 0 aliphatic rings. The summed E-state index contributed by atoms with van der Waals surface area (Å²) >= 11 is 5.77. The largest absolute Gasteiger partial charge is 0.480 e. The second-order valence-corrected chi connectivity index (χ2v) is 3.71. The molecule has 0 saturated heterocycles. The van der Waals surface area contributed by atoms with Crippen LogP contribution in [0, 0.1) is 0 Å². The molecule has 0 spiro atoms. The quantitative estimate of drug-likeness (QED) is 0.860. The highest BCUT2D eigenvalue weighted by Crippen LogP contribution is 2.19. The van der Waals surface area contributed by atoms with Crippen LogP contribution in [-0.4, -0.2) is 23.7 Å². The number of carboxylic acids is 1. The zero-order chi connectivity index (χ0) is 11.4. The lowest BCUT2D eigenvalue weighted by atomic mass is 10.2. The number of carboxylic acid groups (broad SMARTS) is 1. The summed E-state index contributed by atoms with van der Waals surface area (Å²) in [5.41, 5.74) is 0.872. The number of carbonyl (C=O) groups is 1. The smallest absolute Gasteiger partial charge is 0.326 e. The molecule has 3 nitrogen and oxygen atoms in total. The summed E-state index contributed by atoms with van der Waals surface area (Å²) in [5, 5.41) is 9.58. The van der Waals surface area contributed by atoms with E-state index in [1.807, 2.05) is 19.1 Å². The maximum Gasteiger partial charge on any atom is 0.326 e. The van der Waals surface area contributed by atoms with Crippen LogP contribution in [-0.2, 0) is 4.79 Å². The van der Waals surface area contributed by atoms with Gasteiger partial charge in [-0.25, -0.2) is 4.79 Å². The summed E-state index contributed by atoms with van der Waals surface area (Å²) < 4.78 is 0. The van der Waals surface area contributed by atoms with Crippen LogP contribution in [0.5, 0.6) is 0 Å². The Morgan fingerprint density at radius 3 is 2.40 bits per heavy atom. The number of anilines is 1. The van der Waals surface area contributed by atoms with Gasteiger partial charge in [0.1, 0.15) is 6.04 Å². The molecule has 0 amide bonds. The van der Waals surface area contributed by atoms with Crippen molar-refractivity contribution < 1.29 is 9.90 Å². The van der Waals surface area contributed by atoms with Gasteiger partial charge in [0, 0.05) is 17.3 Å². The van der Waals surface area contributed by atoms with Crippen LogP contribution in [0.25, 0.3) is 0 Å². The van der Waals surface area contributed by atoms with E-state index in [1.54, 1.807) is 24.0 Å². The maximum absolute atomic E-state index is 10.9. The molecule has 1 rings (SSSR count). The third-order valence-corrected chi connectivity index (χ3v) is 2.58. The standard InChI is InChI=1S/C11H14ClNO2/c1-3-13(8(2)11(14)15)10-6-4-9(12)5-7-10/h4-8H,3H2,1-2H3,(H,14,15)/t8-/m1/s1. The van der Waals surface area contributed by atoms with E-state index in [0.717, 1.165) is 5.69 Å². The van der Waals surface area contributed by atoms with Gasteiger partial charge in [0.15, 0.2) is 0 Å². The molecule has 1 N–H and O–H groups in total. The molecule has 0 aromatic heterocycles. The van der Waals surface area contributed by atoms with Gasteiger partial charge >= 0.3 is 5.97 Å². The van der Waals surface area contributed by atoms with Gasteiger partial charge in [-0.2, -0.15) is 0 Å². The molecule has 0 fully saturated rings. The summed E-state index contributed by atoms with van der Waals surface area (Å²) in [6, 6.07) is 6.63. The minimum Gasteiger partial charge on any atom is -0.480 e. The second-order valence-electron chi connectivity index (χ2n) is 3.28. The Bertz CT molecular complexity index is 337. The first-order chi connectivity index (χ1) is 7.06. The Labute approximate surface area is 94.3 Å². The summed E-state index contributed by atoms with van der Waals surface area (Å²) in [7, 11) is 0. The Balaban J connectivity index is 2.92. The van der Waals surface area contributed by atoms with Crippen molar-refractivity contribution in [3.8, 4) is 0 Å². The van der Waals surface area contributed by atoms with Crippen LogP contribution in [0.1, 0.15) is 13.8 Å². The number of aliphatic carboxylic acids is 1. The molecule has 1 aromatic carbocycles. The Kier molecular flexibility index (Phi) is 3.97. The molecule has 0 saturated carbocycles. The topological polar surface area (TPSA) is 40.5 Å². The fourth-order valence-corrected chi connectivity index (χ4v) is 1.57. The van der Waals surface area contributed by atoms with Crippen molar-refractivity contribution in [1.29, 1.82) is 0 Å². The van der Waals surface area contributed by atoms with E-state index < -0.39 is 12.0 Å². The van der Waals surface area contributed by atoms with Crippen molar-refractivity contribution in [2.75, 3.05) is 11.4 Å². The Morgan fingerprint density at radius 2 is 2.00 bits per heavy atom. The van der Waals surface area contributed by atoms with Gasteiger partial charge in [0.25, 0.3) is 0 Å². The first-order valence-electron chi connectivity index (χ1n) is 4.81. The molecule has 0 radical (unpaired) electrons. The van der Waals surface area contributed by atoms with Crippen LogP contribution in [0.3, 0.4) is 0 Å². The zero-order valence-electron chi connectivity index (χ0n) is 8.77. The summed E-state index contributed by atoms with van der Waals surface area (Å²) in [6.07, 6.45) is 0. The molecule has 0 aliphatic carbocycles. The molecule has 0 aliphatic heterocycles. The van der Waals surface area contributed by atoms with Gasteiger partial charge in [-0.1, -0.05) is 11.6 Å². The molecule has 4 heteroatoms. The minimum atomic E-state index is -0.827. The summed E-state index contributed by atoms with van der Waals surface area (Å²) in [4.78, 5) is 12.7. The molecule has 1 aromatic rings. The second kappa shape index (κ2) is 5.03. The highest BCUT2D eigenvalue weighted by Gasteiger charge is 2.18. The predicted octanol–water partition coefficient (Wildman–Crippen LogP) is 2.64. The van der Waals surface area contributed by atoms with Crippen LogP contribution in [0.4, 0.5) is 5.69 Å². The van der Waals surface area contributed by atoms with E-state index >= 15 is 0 Å². The zero-order valence-corrected chi connectivity index (χ0v) is 9.53. The number of benzene rings is 1. The van der Waals surface area contributed by atoms with Gasteiger partial charge in [0.2, 0.25) is 0 Å². The number of halogens is 1. The SMILES string of the molecule is CCN(c1ccc(Cl)cc1)[C@H](C)C(=O)O. The molecule has 0 bridgehead atoms. The minimum absolute atomic E-state index is 0.531. The van der Waals surface area contributed by atoms with Crippen molar-refractivity contribution in [3.63, 3.8) is 0 Å². The molecule has 0 heterocycles. The van der Waals surface area contributed by atoms with Crippen LogP contribution in [0.15, 0.2) is 24.3 Å². The van der Waals surface area contributed by atoms with E-state index in [1.165, 1.54) is 0 Å². The van der Waals surface area contributed by atoms with Crippen molar-refractivity contribution in [3.05, 3.63) is 29.3 Å². The number of rotatable bonds is 4. The average molecular weight is 228 g/mol. The fraction of sp³-hybridized carbons (Fsp3) is 0.364. The lowest BCUT2D eigenvalue weighted by molar-refractivity contribution is -0.138. The van der Waals surface area contributed by atoms with E-state index in [9.17, 15) is 4.79 Å². The van der Waals surface area contributed by atoms with Gasteiger partial charge in [-0.3, -0.25) is 0 Å². The highest BCUT2D eigenvalue weighted by molar-refractivity contribution is 6.30. The van der Waals surface area contributed by atoms with Crippen molar-refractivity contribution in [2.45, 2.75) is 19.9 Å². The molecule has 15 heavy (non-hydrogen) atoms. The third-order valence-electron chi connectivity index (χ3n) is 2.32. The van der Waals surface area contributed by atoms with E-state index in [4.69, 9.17) is 16.7 Å². The molecular formula is C11H14ClNO2. The lowest BCUT2D eigenvalue weighted by Crippen LogP contribution is -2.38. The van der Waals surface area contributed by atoms with Crippen LogP contribution in [0.2, 0.25) is 5.02 Å². The van der Waals surface area contributed by atoms with Gasteiger partial charge < -0.3 is 10.0 Å². The molecule has 0 unspecified atom stereocenters. The molecule has 82 valence electrons. The average Bonchev–Trinajstić information content (AvgIpc) is 2.21. The third kappa shape index (κ3) is 2.86. The van der Waals surface area contributed by atoms with Crippen molar-refractivity contribution >= 4 is 23.3 Å². The first kappa shape index (κ1) is 11.9. The van der Waals surface area contributed by atoms with Crippen molar-refractivity contribution in [2.24, 2.45) is 0 Å². The highest BCUT2D eigenvalue weighted by atomic mass is 35.5. The maximum atomic E-state index is 10.9. The van der Waals surface area contributed by atoms with Gasteiger partial charge in [0.05, 0.1) is 0 Å². The number of nitrogens with zero attached hydrogens (tertiary/aromatic N) is 1. The Hall–Kier alpha value is -1.22. The predicted molar refractivity (Wildman–Crippen MR) is 61.6 cm³/mol. The summed E-state index contributed by atoms with van der Waals surface area (Å²) in [5.74, 6) is -0.827. The van der Waals surface area contributed by atoms with Crippen LogP contribution < -0.4 is 4.90 Å². The molecular weight excluding hydrogens is 214 g/mol. The first-order valence-corrected chi connectivity index (χ1v) is 5.19. The lowest BCUT2D eigenvalue weighted by Gasteiger charge is -2.27. The van der Waals surface area contributed by atoms with E-state index in [0.29, 0.717) is 11.6 Å². The normalized spacial score (nSPS) is 12.2. The summed E-state index contributed by atoms with van der Waals surface area (Å²) in [6.45, 7) is 4.24. The van der Waals surface area contributed by atoms with Gasteiger partial charge in [-0.05, 0) is 38.1 Å². The molecule has 1 atom stereocenters. The van der Waals surface area contributed by atoms with E-state index in [2.05, 4.69) is 0 Å². The van der Waals surface area contributed by atoms with Crippen LogP contribution >= 0.6 is 11.6 Å². The number of likely N-dealkylation sites (N-methyl/N-ethyl adjacent to an activating group) is 1.